The smallest absolute Gasteiger partial charge is 0.351 e. The minimum atomic E-state index is -4.39. The van der Waals surface area contributed by atoms with Crippen LogP contribution in [0.5, 0.6) is 0 Å². The Morgan fingerprint density at radius 1 is 1.19 bits per heavy atom. The average Bonchev–Trinajstić information content (AvgIpc) is 2.45. The number of nitrogens with one attached hydrogen (secondary N) is 1. The van der Waals surface area contributed by atoms with Gasteiger partial charge in [0.1, 0.15) is 0 Å². The molecule has 1 N–H and O–H groups in total. The number of carbonyl (C=O) groups is 1. The molecule has 0 saturated carbocycles. The number of hydrogen-bond donors (Lipinski definition) is 1. The number of hydrogen-bond acceptors (Lipinski definition) is 2. The summed E-state index contributed by atoms with van der Waals surface area (Å²) >= 11 is 0. The molecule has 0 saturated heterocycles. The molecule has 0 bridgehead atoms. The Balaban J connectivity index is 2.30. The Kier molecular flexibility index (Phi) is 4.26. The highest BCUT2D eigenvalue weighted by Gasteiger charge is 2.30. The molecule has 3 nitrogen and oxygen atoms in total. The second-order valence-corrected chi connectivity index (χ2v) is 4.50. The lowest BCUT2D eigenvalue weighted by Gasteiger charge is -2.09. The van der Waals surface area contributed by atoms with Gasteiger partial charge in [-0.1, -0.05) is 18.2 Å². The average molecular weight is 294 g/mol. The van der Waals surface area contributed by atoms with Crippen LogP contribution < -0.4 is 5.32 Å². The number of carbonyl (C=O) groups excluding carboxylic acids is 1. The molecule has 0 fully saturated rings. The first-order valence-corrected chi connectivity index (χ1v) is 6.24. The van der Waals surface area contributed by atoms with Crippen LogP contribution in [0.3, 0.4) is 0 Å². The van der Waals surface area contributed by atoms with E-state index in [-0.39, 0.29) is 12.5 Å². The van der Waals surface area contributed by atoms with Crippen LogP contribution in [0.25, 0.3) is 11.3 Å². The van der Waals surface area contributed by atoms with E-state index in [0.29, 0.717) is 17.0 Å². The van der Waals surface area contributed by atoms with Crippen LogP contribution in [-0.4, -0.2) is 10.9 Å². The van der Waals surface area contributed by atoms with Gasteiger partial charge < -0.3 is 5.32 Å². The zero-order valence-corrected chi connectivity index (χ0v) is 11.2. The van der Waals surface area contributed by atoms with Gasteiger partial charge in [-0.25, -0.2) is 0 Å². The van der Waals surface area contributed by atoms with Crippen LogP contribution in [0, 0.1) is 0 Å². The van der Waals surface area contributed by atoms with E-state index in [1.165, 1.54) is 13.0 Å². The third-order valence-corrected chi connectivity index (χ3v) is 2.81. The minimum Gasteiger partial charge on any atom is -0.351 e. The topological polar surface area (TPSA) is 42.0 Å². The van der Waals surface area contributed by atoms with Crippen LogP contribution in [0.15, 0.2) is 42.5 Å². The fourth-order valence-corrected chi connectivity index (χ4v) is 1.81. The first-order chi connectivity index (χ1) is 9.86. The second-order valence-electron chi connectivity index (χ2n) is 4.50. The van der Waals surface area contributed by atoms with Crippen molar-refractivity contribution in [2.75, 3.05) is 0 Å². The quantitative estimate of drug-likeness (QED) is 0.942. The summed E-state index contributed by atoms with van der Waals surface area (Å²) in [4.78, 5) is 15.1. The SMILES string of the molecule is CC(=O)NCc1cccc(-c2cccc(C(F)(F)F)c2)n1. The zero-order valence-electron chi connectivity index (χ0n) is 11.2. The predicted molar refractivity (Wildman–Crippen MR) is 72.2 cm³/mol. The number of pyridine rings is 1. The minimum absolute atomic E-state index is 0.193. The van der Waals surface area contributed by atoms with Crippen molar-refractivity contribution >= 4 is 5.91 Å². The summed E-state index contributed by atoms with van der Waals surface area (Å²) in [7, 11) is 0. The Morgan fingerprint density at radius 3 is 2.57 bits per heavy atom. The predicted octanol–water partition coefficient (Wildman–Crippen LogP) is 3.40. The zero-order chi connectivity index (χ0) is 15.5. The van der Waals surface area contributed by atoms with E-state index in [4.69, 9.17) is 0 Å². The number of rotatable bonds is 3. The Bertz CT molecular complexity index is 653. The molecule has 1 amide bonds. The molecule has 6 heteroatoms. The van der Waals surface area contributed by atoms with E-state index >= 15 is 0 Å². The van der Waals surface area contributed by atoms with Crippen LogP contribution >= 0.6 is 0 Å². The molecule has 1 aromatic carbocycles. The monoisotopic (exact) mass is 294 g/mol. The lowest BCUT2D eigenvalue weighted by molar-refractivity contribution is -0.137. The molecule has 1 aromatic heterocycles. The maximum atomic E-state index is 12.7. The molecule has 21 heavy (non-hydrogen) atoms. The van der Waals surface area contributed by atoms with Crippen molar-refractivity contribution in [2.24, 2.45) is 0 Å². The third kappa shape index (κ3) is 4.05. The van der Waals surface area contributed by atoms with Crippen LogP contribution in [0.1, 0.15) is 18.2 Å². The lowest BCUT2D eigenvalue weighted by Crippen LogP contribution is -2.19. The highest BCUT2D eigenvalue weighted by Crippen LogP contribution is 2.31. The van der Waals surface area contributed by atoms with Crippen LogP contribution in [0.2, 0.25) is 0 Å². The van der Waals surface area contributed by atoms with Crippen molar-refractivity contribution < 1.29 is 18.0 Å². The first-order valence-electron chi connectivity index (χ1n) is 6.24. The fourth-order valence-electron chi connectivity index (χ4n) is 1.81. The summed E-state index contributed by atoms with van der Waals surface area (Å²) in [6.45, 7) is 1.62. The van der Waals surface area contributed by atoms with Crippen LogP contribution in [0.4, 0.5) is 13.2 Å². The molecule has 0 atom stereocenters. The van der Waals surface area contributed by atoms with Gasteiger partial charge >= 0.3 is 6.18 Å². The summed E-state index contributed by atoms with van der Waals surface area (Å²) < 4.78 is 38.1. The third-order valence-electron chi connectivity index (χ3n) is 2.81. The molecule has 0 aliphatic carbocycles. The number of aromatic nitrogens is 1. The Hall–Kier alpha value is -2.37. The largest absolute Gasteiger partial charge is 0.416 e. The first kappa shape index (κ1) is 15.0. The standard InChI is InChI=1S/C15H13F3N2O/c1-10(21)19-9-13-6-3-7-14(20-13)11-4-2-5-12(8-11)15(16,17)18/h2-8H,9H2,1H3,(H,19,21). The highest BCUT2D eigenvalue weighted by atomic mass is 19.4. The van der Waals surface area contributed by atoms with Gasteiger partial charge in [0.2, 0.25) is 5.91 Å². The highest BCUT2D eigenvalue weighted by molar-refractivity contribution is 5.72. The fraction of sp³-hybridized carbons (Fsp3) is 0.200. The molecule has 1 heterocycles. The number of halogens is 3. The van der Waals surface area contributed by atoms with Gasteiger partial charge in [-0.2, -0.15) is 13.2 Å². The van der Waals surface area contributed by atoms with E-state index < -0.39 is 11.7 Å². The maximum absolute atomic E-state index is 12.7. The van der Waals surface area contributed by atoms with Crippen molar-refractivity contribution in [2.45, 2.75) is 19.6 Å². The second kappa shape index (κ2) is 5.95. The molecular weight excluding hydrogens is 281 g/mol. The normalized spacial score (nSPS) is 11.2. The van der Waals surface area contributed by atoms with E-state index in [2.05, 4.69) is 10.3 Å². The van der Waals surface area contributed by atoms with E-state index in [9.17, 15) is 18.0 Å². The summed E-state index contributed by atoms with van der Waals surface area (Å²) in [6.07, 6.45) is -4.39. The molecule has 2 aromatic rings. The maximum Gasteiger partial charge on any atom is 0.416 e. The summed E-state index contributed by atoms with van der Waals surface area (Å²) in [5.74, 6) is -0.193. The van der Waals surface area contributed by atoms with Crippen molar-refractivity contribution in [3.63, 3.8) is 0 Å². The van der Waals surface area contributed by atoms with Gasteiger partial charge in [-0.3, -0.25) is 9.78 Å². The number of alkyl halides is 3. The van der Waals surface area contributed by atoms with E-state index in [0.717, 1.165) is 12.1 Å². The molecule has 0 aliphatic heterocycles. The van der Waals surface area contributed by atoms with Gasteiger partial charge in [0.25, 0.3) is 0 Å². The van der Waals surface area contributed by atoms with E-state index in [1.807, 2.05) is 0 Å². The summed E-state index contributed by atoms with van der Waals surface area (Å²) in [6, 6.07) is 10.0. The van der Waals surface area contributed by atoms with Gasteiger partial charge in [0, 0.05) is 12.5 Å². The number of amides is 1. The molecule has 0 radical (unpaired) electrons. The molecule has 2 rings (SSSR count). The molecule has 0 unspecified atom stereocenters. The molecule has 110 valence electrons. The Labute approximate surface area is 119 Å². The van der Waals surface area contributed by atoms with Crippen molar-refractivity contribution in [1.29, 1.82) is 0 Å². The molecular formula is C15H13F3N2O. The molecule has 0 spiro atoms. The van der Waals surface area contributed by atoms with Gasteiger partial charge in [-0.05, 0) is 24.3 Å². The number of nitrogens with zero attached hydrogens (tertiary/aromatic N) is 1. The van der Waals surface area contributed by atoms with Crippen molar-refractivity contribution in [1.82, 2.24) is 10.3 Å². The van der Waals surface area contributed by atoms with Crippen molar-refractivity contribution in [3.05, 3.63) is 53.7 Å². The van der Waals surface area contributed by atoms with Gasteiger partial charge in [-0.15, -0.1) is 0 Å². The lowest BCUT2D eigenvalue weighted by atomic mass is 10.1. The van der Waals surface area contributed by atoms with Crippen molar-refractivity contribution in [3.8, 4) is 11.3 Å². The van der Waals surface area contributed by atoms with Gasteiger partial charge in [0.15, 0.2) is 0 Å². The number of benzene rings is 1. The van der Waals surface area contributed by atoms with Crippen LogP contribution in [-0.2, 0) is 17.5 Å². The van der Waals surface area contributed by atoms with E-state index in [1.54, 1.807) is 24.3 Å². The van der Waals surface area contributed by atoms with Gasteiger partial charge in [0.05, 0.1) is 23.5 Å². The molecule has 0 aliphatic rings. The Morgan fingerprint density at radius 2 is 1.90 bits per heavy atom. The summed E-state index contributed by atoms with van der Waals surface area (Å²) in [5, 5.41) is 2.59. The summed E-state index contributed by atoms with van der Waals surface area (Å²) in [5.41, 5.74) is 0.688.